The smallest absolute Gasteiger partial charge is 0.0859 e. The molecule has 2 heteroatoms. The number of nitrogens with one attached hydrogen (secondary N) is 1. The number of rotatable bonds is 4. The van der Waals surface area contributed by atoms with Gasteiger partial charge in [-0.05, 0) is 37.3 Å². The molecule has 1 N–H and O–H groups in total. The van der Waals surface area contributed by atoms with Crippen molar-refractivity contribution in [3.8, 4) is 0 Å². The van der Waals surface area contributed by atoms with Gasteiger partial charge in [0.15, 0.2) is 0 Å². The third-order valence-corrected chi connectivity index (χ3v) is 3.39. The number of anilines is 1. The summed E-state index contributed by atoms with van der Waals surface area (Å²) >= 11 is 0. The number of nitrogens with zero attached hydrogens (tertiary/aromatic N) is 1. The zero-order chi connectivity index (χ0) is 12.1. The Morgan fingerprint density at radius 1 is 1.24 bits per heavy atom. The predicted molar refractivity (Wildman–Crippen MR) is 76.2 cm³/mol. The van der Waals surface area contributed by atoms with Crippen molar-refractivity contribution < 1.29 is 0 Å². The van der Waals surface area contributed by atoms with E-state index in [2.05, 4.69) is 35.7 Å². The van der Waals surface area contributed by atoms with E-state index in [9.17, 15) is 0 Å². The Morgan fingerprint density at radius 3 is 2.65 bits per heavy atom. The number of hydrogen-bond acceptors (Lipinski definition) is 2. The number of hydrogen-bond donors (Lipinski definition) is 1. The Bertz CT molecular complexity index is 403. The van der Waals surface area contributed by atoms with E-state index < -0.39 is 0 Å². The van der Waals surface area contributed by atoms with Crippen LogP contribution in [0.15, 0.2) is 29.8 Å². The highest BCUT2D eigenvalue weighted by atomic mass is 14.9. The number of benzene rings is 1. The van der Waals surface area contributed by atoms with E-state index in [0.717, 1.165) is 16.9 Å². The third kappa shape index (κ3) is 2.96. The molecule has 0 heterocycles. The predicted octanol–water partition coefficient (Wildman–Crippen LogP) is 4.41. The molecule has 1 aliphatic carbocycles. The molecule has 0 spiro atoms. The van der Waals surface area contributed by atoms with Crippen LogP contribution in [0.5, 0.6) is 0 Å². The molecule has 1 aliphatic rings. The van der Waals surface area contributed by atoms with E-state index in [1.807, 2.05) is 12.1 Å². The molecular weight excluding hydrogens is 208 g/mol. The highest BCUT2D eigenvalue weighted by Crippen LogP contribution is 2.29. The van der Waals surface area contributed by atoms with Crippen LogP contribution in [0, 0.1) is 0 Å². The largest absolute Gasteiger partial charge is 0.381 e. The van der Waals surface area contributed by atoms with E-state index in [1.54, 1.807) is 0 Å². The van der Waals surface area contributed by atoms with Crippen LogP contribution in [-0.2, 0) is 0 Å². The summed E-state index contributed by atoms with van der Waals surface area (Å²) < 4.78 is 0. The molecule has 0 unspecified atom stereocenters. The van der Waals surface area contributed by atoms with Gasteiger partial charge in [0.2, 0.25) is 0 Å². The minimum Gasteiger partial charge on any atom is -0.381 e. The topological polar surface area (TPSA) is 24.4 Å². The first-order chi connectivity index (χ1) is 8.33. The average molecular weight is 228 g/mol. The SMILES string of the molecule is C=Cc1ccc(NC2CCCCC2)c(N=C)c1. The molecule has 0 amide bonds. The van der Waals surface area contributed by atoms with Crippen LogP contribution in [0.1, 0.15) is 37.7 Å². The van der Waals surface area contributed by atoms with Crippen LogP contribution < -0.4 is 5.32 Å². The molecule has 0 bridgehead atoms. The third-order valence-electron chi connectivity index (χ3n) is 3.39. The normalized spacial score (nSPS) is 16.5. The maximum absolute atomic E-state index is 4.08. The van der Waals surface area contributed by atoms with Crippen LogP contribution >= 0.6 is 0 Å². The van der Waals surface area contributed by atoms with Gasteiger partial charge in [0, 0.05) is 6.04 Å². The van der Waals surface area contributed by atoms with Crippen molar-refractivity contribution in [2.75, 3.05) is 5.32 Å². The minimum absolute atomic E-state index is 0.596. The zero-order valence-electron chi connectivity index (χ0n) is 10.3. The molecule has 90 valence electrons. The van der Waals surface area contributed by atoms with Crippen LogP contribution in [-0.4, -0.2) is 12.8 Å². The van der Waals surface area contributed by atoms with Gasteiger partial charge in [-0.1, -0.05) is 38.0 Å². The first-order valence-electron chi connectivity index (χ1n) is 6.33. The monoisotopic (exact) mass is 228 g/mol. The second-order valence-corrected chi connectivity index (χ2v) is 4.62. The van der Waals surface area contributed by atoms with Crippen molar-refractivity contribution in [3.05, 3.63) is 30.3 Å². The minimum atomic E-state index is 0.596. The summed E-state index contributed by atoms with van der Waals surface area (Å²) in [6.45, 7) is 7.40. The molecule has 0 aromatic heterocycles. The molecule has 1 aromatic carbocycles. The van der Waals surface area contributed by atoms with Gasteiger partial charge in [-0.15, -0.1) is 0 Å². The van der Waals surface area contributed by atoms with Crippen molar-refractivity contribution in [3.63, 3.8) is 0 Å². The van der Waals surface area contributed by atoms with Crippen LogP contribution in [0.2, 0.25) is 0 Å². The molecule has 2 nitrogen and oxygen atoms in total. The summed E-state index contributed by atoms with van der Waals surface area (Å²) in [4.78, 5) is 4.08. The van der Waals surface area contributed by atoms with Gasteiger partial charge in [0.1, 0.15) is 0 Å². The Hall–Kier alpha value is -1.57. The van der Waals surface area contributed by atoms with Gasteiger partial charge < -0.3 is 5.32 Å². The lowest BCUT2D eigenvalue weighted by Gasteiger charge is -2.24. The van der Waals surface area contributed by atoms with Crippen molar-refractivity contribution in [1.29, 1.82) is 0 Å². The Morgan fingerprint density at radius 2 is 2.00 bits per heavy atom. The van der Waals surface area contributed by atoms with E-state index in [-0.39, 0.29) is 0 Å². The van der Waals surface area contributed by atoms with Crippen molar-refractivity contribution >= 4 is 24.2 Å². The fraction of sp³-hybridized carbons (Fsp3) is 0.400. The highest BCUT2D eigenvalue weighted by molar-refractivity contribution is 5.71. The lowest BCUT2D eigenvalue weighted by Crippen LogP contribution is -2.22. The summed E-state index contributed by atoms with van der Waals surface area (Å²) in [6.07, 6.45) is 8.40. The van der Waals surface area contributed by atoms with Crippen molar-refractivity contribution in [2.24, 2.45) is 4.99 Å². The first-order valence-corrected chi connectivity index (χ1v) is 6.33. The van der Waals surface area contributed by atoms with Gasteiger partial charge in [-0.25, -0.2) is 0 Å². The quantitative estimate of drug-likeness (QED) is 0.759. The molecule has 1 saturated carbocycles. The van der Waals surface area contributed by atoms with Gasteiger partial charge in [0.25, 0.3) is 0 Å². The Balaban J connectivity index is 2.13. The van der Waals surface area contributed by atoms with E-state index >= 15 is 0 Å². The summed E-state index contributed by atoms with van der Waals surface area (Å²) in [5.41, 5.74) is 3.10. The summed E-state index contributed by atoms with van der Waals surface area (Å²) in [5, 5.41) is 3.58. The van der Waals surface area contributed by atoms with Crippen molar-refractivity contribution in [1.82, 2.24) is 0 Å². The lowest BCUT2D eigenvalue weighted by molar-refractivity contribution is 0.463. The fourth-order valence-electron chi connectivity index (χ4n) is 2.40. The first kappa shape index (κ1) is 11.9. The molecule has 1 aromatic rings. The van der Waals surface area contributed by atoms with Crippen LogP contribution in [0.3, 0.4) is 0 Å². The maximum atomic E-state index is 4.08. The van der Waals surface area contributed by atoms with Gasteiger partial charge in [0.05, 0.1) is 11.4 Å². The molecule has 0 aliphatic heterocycles. The Kier molecular flexibility index (Phi) is 3.97. The molecule has 0 radical (unpaired) electrons. The second kappa shape index (κ2) is 5.67. The highest BCUT2D eigenvalue weighted by Gasteiger charge is 2.14. The van der Waals surface area contributed by atoms with E-state index in [1.165, 1.54) is 32.1 Å². The van der Waals surface area contributed by atoms with Crippen LogP contribution in [0.4, 0.5) is 11.4 Å². The maximum Gasteiger partial charge on any atom is 0.0859 e. The van der Waals surface area contributed by atoms with Gasteiger partial charge in [-0.3, -0.25) is 4.99 Å². The molecule has 2 rings (SSSR count). The molecular formula is C15H20N2. The molecule has 0 atom stereocenters. The summed E-state index contributed by atoms with van der Waals surface area (Å²) in [6, 6.07) is 6.76. The zero-order valence-corrected chi connectivity index (χ0v) is 10.3. The standard InChI is InChI=1S/C15H20N2/c1-3-12-9-10-14(15(11-12)16-2)17-13-7-5-4-6-8-13/h3,9-11,13,17H,1-2,4-8H2. The molecule has 17 heavy (non-hydrogen) atoms. The number of aliphatic imine (C=N–C) groups is 1. The second-order valence-electron chi connectivity index (χ2n) is 4.62. The summed E-state index contributed by atoms with van der Waals surface area (Å²) in [5.74, 6) is 0. The molecule has 0 saturated heterocycles. The van der Waals surface area contributed by atoms with Crippen molar-refractivity contribution in [2.45, 2.75) is 38.1 Å². The fourth-order valence-corrected chi connectivity index (χ4v) is 2.40. The average Bonchev–Trinajstić information content (AvgIpc) is 2.40. The Labute approximate surface area is 103 Å². The van der Waals surface area contributed by atoms with E-state index in [4.69, 9.17) is 0 Å². The summed E-state index contributed by atoms with van der Waals surface area (Å²) in [7, 11) is 0. The van der Waals surface area contributed by atoms with Gasteiger partial charge in [-0.2, -0.15) is 0 Å². The lowest BCUT2D eigenvalue weighted by atomic mass is 9.95. The molecule has 1 fully saturated rings. The van der Waals surface area contributed by atoms with Gasteiger partial charge >= 0.3 is 0 Å². The van der Waals surface area contributed by atoms with E-state index in [0.29, 0.717) is 6.04 Å². The van der Waals surface area contributed by atoms with Crippen LogP contribution in [0.25, 0.3) is 6.08 Å².